The van der Waals surface area contributed by atoms with Crippen molar-refractivity contribution in [1.82, 2.24) is 0 Å². The van der Waals surface area contributed by atoms with Gasteiger partial charge in [0.25, 0.3) is 0 Å². The largest absolute Gasteiger partial charge is 0.495 e. The van der Waals surface area contributed by atoms with Gasteiger partial charge in [0.1, 0.15) is 5.75 Å². The Balaban J connectivity index is 1.77. The van der Waals surface area contributed by atoms with Gasteiger partial charge in [0, 0.05) is 10.1 Å². The number of para-hydroxylation sites is 2. The minimum atomic E-state index is -0.00660. The Bertz CT molecular complexity index is 704. The predicted molar refractivity (Wildman–Crippen MR) is 101 cm³/mol. The number of hydrogen-bond acceptors (Lipinski definition) is 3. The molecule has 0 saturated carbocycles. The molecular weight excluding hydrogens is 403 g/mol. The molecule has 120 valence electrons. The standard InChI is InChI=1S/C18H19IN2O2/c1-23-16-10-4-6-13-7-5-11-21(18(13)16)12-17(22)20-15-9-3-2-8-14(15)19/h2-4,6,8-10H,5,7,11-12H2,1H3,(H,20,22). The minimum Gasteiger partial charge on any atom is -0.495 e. The van der Waals surface area contributed by atoms with Crippen LogP contribution in [0.1, 0.15) is 12.0 Å². The quantitative estimate of drug-likeness (QED) is 0.765. The van der Waals surface area contributed by atoms with Gasteiger partial charge in [0.2, 0.25) is 5.91 Å². The Kier molecular flexibility index (Phi) is 5.05. The number of methoxy groups -OCH3 is 1. The van der Waals surface area contributed by atoms with Gasteiger partial charge in [0.15, 0.2) is 0 Å². The molecule has 0 atom stereocenters. The van der Waals surface area contributed by atoms with Crippen LogP contribution in [0.5, 0.6) is 5.75 Å². The molecule has 0 aliphatic carbocycles. The van der Waals surface area contributed by atoms with Gasteiger partial charge >= 0.3 is 0 Å². The highest BCUT2D eigenvalue weighted by Crippen LogP contribution is 2.35. The zero-order valence-electron chi connectivity index (χ0n) is 13.0. The molecule has 1 N–H and O–H groups in total. The molecule has 0 spiro atoms. The Labute approximate surface area is 150 Å². The summed E-state index contributed by atoms with van der Waals surface area (Å²) >= 11 is 2.23. The maximum Gasteiger partial charge on any atom is 0.243 e. The summed E-state index contributed by atoms with van der Waals surface area (Å²) < 4.78 is 6.52. The van der Waals surface area contributed by atoms with Gasteiger partial charge in [-0.05, 0) is 59.2 Å². The fourth-order valence-corrected chi connectivity index (χ4v) is 3.47. The Morgan fingerprint density at radius 3 is 2.87 bits per heavy atom. The van der Waals surface area contributed by atoms with Crippen molar-refractivity contribution in [2.24, 2.45) is 0 Å². The first-order valence-corrected chi connectivity index (χ1v) is 8.72. The van der Waals surface area contributed by atoms with Gasteiger partial charge in [-0.3, -0.25) is 4.79 Å². The molecule has 1 amide bonds. The number of hydrogen-bond donors (Lipinski definition) is 1. The molecule has 5 heteroatoms. The van der Waals surface area contributed by atoms with Crippen LogP contribution in [0.3, 0.4) is 0 Å². The number of carbonyl (C=O) groups is 1. The Morgan fingerprint density at radius 2 is 2.09 bits per heavy atom. The normalized spacial score (nSPS) is 13.4. The SMILES string of the molecule is COc1cccc2c1N(CC(=O)Nc1ccccc1I)CCC2. The molecule has 1 aliphatic rings. The third-order valence-corrected chi connectivity index (χ3v) is 4.92. The molecule has 4 nitrogen and oxygen atoms in total. The van der Waals surface area contributed by atoms with Crippen molar-refractivity contribution in [3.8, 4) is 5.75 Å². The van der Waals surface area contributed by atoms with Crippen molar-refractivity contribution in [2.45, 2.75) is 12.8 Å². The van der Waals surface area contributed by atoms with E-state index in [1.54, 1.807) is 7.11 Å². The summed E-state index contributed by atoms with van der Waals surface area (Å²) in [6, 6.07) is 13.9. The average Bonchev–Trinajstić information content (AvgIpc) is 2.56. The van der Waals surface area contributed by atoms with E-state index in [4.69, 9.17) is 4.74 Å². The van der Waals surface area contributed by atoms with Crippen LogP contribution >= 0.6 is 22.6 Å². The maximum absolute atomic E-state index is 12.4. The van der Waals surface area contributed by atoms with Crippen LogP contribution in [-0.4, -0.2) is 26.1 Å². The van der Waals surface area contributed by atoms with Gasteiger partial charge in [-0.2, -0.15) is 0 Å². The summed E-state index contributed by atoms with van der Waals surface area (Å²) in [5.41, 5.74) is 3.16. The first-order chi connectivity index (χ1) is 11.2. The smallest absolute Gasteiger partial charge is 0.243 e. The molecule has 2 aromatic carbocycles. The van der Waals surface area contributed by atoms with Crippen LogP contribution in [0.15, 0.2) is 42.5 Å². The van der Waals surface area contributed by atoms with Crippen LogP contribution in [-0.2, 0) is 11.2 Å². The van der Waals surface area contributed by atoms with Gasteiger partial charge in [-0.25, -0.2) is 0 Å². The highest BCUT2D eigenvalue weighted by molar-refractivity contribution is 14.1. The van der Waals surface area contributed by atoms with Crippen molar-refractivity contribution in [2.75, 3.05) is 30.4 Å². The van der Waals surface area contributed by atoms with E-state index in [9.17, 15) is 4.79 Å². The van der Waals surface area contributed by atoms with Crippen molar-refractivity contribution in [3.63, 3.8) is 0 Å². The second-order valence-electron chi connectivity index (χ2n) is 5.52. The molecular formula is C18H19IN2O2. The lowest BCUT2D eigenvalue weighted by Gasteiger charge is -2.32. The van der Waals surface area contributed by atoms with E-state index in [-0.39, 0.29) is 5.91 Å². The van der Waals surface area contributed by atoms with Gasteiger partial charge in [0.05, 0.1) is 25.0 Å². The Hall–Kier alpha value is -1.76. The molecule has 23 heavy (non-hydrogen) atoms. The molecule has 0 saturated heterocycles. The Morgan fingerprint density at radius 1 is 1.26 bits per heavy atom. The lowest BCUT2D eigenvalue weighted by Crippen LogP contribution is -2.37. The molecule has 1 aliphatic heterocycles. The number of ether oxygens (including phenoxy) is 1. The van der Waals surface area contributed by atoms with Crippen LogP contribution in [0.2, 0.25) is 0 Å². The molecule has 2 aromatic rings. The summed E-state index contributed by atoms with van der Waals surface area (Å²) in [7, 11) is 1.68. The number of aryl methyl sites for hydroxylation is 1. The highest BCUT2D eigenvalue weighted by Gasteiger charge is 2.22. The maximum atomic E-state index is 12.4. The summed E-state index contributed by atoms with van der Waals surface area (Å²) in [4.78, 5) is 14.6. The fraction of sp³-hybridized carbons (Fsp3) is 0.278. The topological polar surface area (TPSA) is 41.6 Å². The number of amides is 1. The zero-order valence-corrected chi connectivity index (χ0v) is 15.2. The molecule has 0 radical (unpaired) electrons. The average molecular weight is 422 g/mol. The van der Waals surface area contributed by atoms with Gasteiger partial charge < -0.3 is 15.0 Å². The first-order valence-electron chi connectivity index (χ1n) is 7.64. The number of nitrogens with zero attached hydrogens (tertiary/aromatic N) is 1. The van der Waals surface area contributed by atoms with Crippen molar-refractivity contribution >= 4 is 39.9 Å². The summed E-state index contributed by atoms with van der Waals surface area (Å²) in [6.07, 6.45) is 2.08. The molecule has 0 fully saturated rings. The minimum absolute atomic E-state index is 0.00660. The first kappa shape index (κ1) is 16.1. The van der Waals surface area contributed by atoms with E-state index in [2.05, 4.69) is 38.9 Å². The van der Waals surface area contributed by atoms with Crippen LogP contribution < -0.4 is 15.0 Å². The van der Waals surface area contributed by atoms with Gasteiger partial charge in [-0.1, -0.05) is 24.3 Å². The van der Waals surface area contributed by atoms with E-state index in [0.717, 1.165) is 40.1 Å². The number of fused-ring (bicyclic) bond motifs is 1. The number of benzene rings is 2. The van der Waals surface area contributed by atoms with Crippen LogP contribution in [0, 0.1) is 3.57 Å². The van der Waals surface area contributed by atoms with E-state index < -0.39 is 0 Å². The van der Waals surface area contributed by atoms with Crippen LogP contribution in [0.4, 0.5) is 11.4 Å². The number of halogens is 1. The molecule has 0 aromatic heterocycles. The molecule has 0 bridgehead atoms. The third-order valence-electron chi connectivity index (χ3n) is 3.98. The fourth-order valence-electron chi connectivity index (χ4n) is 2.95. The van der Waals surface area contributed by atoms with Crippen molar-refractivity contribution < 1.29 is 9.53 Å². The van der Waals surface area contributed by atoms with E-state index in [1.165, 1.54) is 5.56 Å². The lowest BCUT2D eigenvalue weighted by atomic mass is 10.0. The molecule has 0 unspecified atom stereocenters. The molecule has 3 rings (SSSR count). The van der Waals surface area contributed by atoms with E-state index in [1.807, 2.05) is 36.4 Å². The third kappa shape index (κ3) is 3.60. The van der Waals surface area contributed by atoms with E-state index in [0.29, 0.717) is 6.54 Å². The van der Waals surface area contributed by atoms with Crippen LogP contribution in [0.25, 0.3) is 0 Å². The second-order valence-corrected chi connectivity index (χ2v) is 6.68. The zero-order chi connectivity index (χ0) is 16.2. The number of nitrogens with one attached hydrogen (secondary N) is 1. The van der Waals surface area contributed by atoms with Gasteiger partial charge in [-0.15, -0.1) is 0 Å². The number of carbonyl (C=O) groups excluding carboxylic acids is 1. The summed E-state index contributed by atoms with van der Waals surface area (Å²) in [5, 5.41) is 3.00. The second kappa shape index (κ2) is 7.21. The number of anilines is 2. The highest BCUT2D eigenvalue weighted by atomic mass is 127. The van der Waals surface area contributed by atoms with Crippen molar-refractivity contribution in [3.05, 3.63) is 51.6 Å². The molecule has 1 heterocycles. The lowest BCUT2D eigenvalue weighted by molar-refractivity contribution is -0.115. The van der Waals surface area contributed by atoms with E-state index >= 15 is 0 Å². The summed E-state index contributed by atoms with van der Waals surface area (Å²) in [6.45, 7) is 1.20. The van der Waals surface area contributed by atoms with Crippen molar-refractivity contribution in [1.29, 1.82) is 0 Å². The summed E-state index contributed by atoms with van der Waals surface area (Å²) in [5.74, 6) is 0.831. The monoisotopic (exact) mass is 422 g/mol. The predicted octanol–water partition coefficient (Wildman–Crippen LogP) is 3.69. The number of rotatable bonds is 4.